The van der Waals surface area contributed by atoms with Crippen molar-refractivity contribution < 1.29 is 31.4 Å². The third-order valence-corrected chi connectivity index (χ3v) is 6.30. The predicted molar refractivity (Wildman–Crippen MR) is 125 cm³/mol. The van der Waals surface area contributed by atoms with Gasteiger partial charge in [-0.25, -0.2) is 0 Å². The molecule has 4 rings (SSSR count). The van der Waals surface area contributed by atoms with Gasteiger partial charge in [0.15, 0.2) is 0 Å². The molecule has 12 heteroatoms. The molecule has 1 unspecified atom stereocenters. The SMILES string of the molecule is Cl.OC(C1=NN(c2cccc(C3=CCNCC3)c2)C(c2ccccc2Cl)C1)(C(F)(F)F)C(F)(F)F. The van der Waals surface area contributed by atoms with E-state index in [1.54, 1.807) is 30.3 Å². The van der Waals surface area contributed by atoms with Crippen molar-refractivity contribution in [3.63, 3.8) is 0 Å². The van der Waals surface area contributed by atoms with Gasteiger partial charge in [0, 0.05) is 18.0 Å². The molecule has 2 aromatic carbocycles. The largest absolute Gasteiger partial charge is 0.431 e. The second-order valence-electron chi connectivity index (χ2n) is 8.07. The lowest BCUT2D eigenvalue weighted by atomic mass is 9.90. The van der Waals surface area contributed by atoms with E-state index < -0.39 is 36.1 Å². The lowest BCUT2D eigenvalue weighted by Gasteiger charge is -2.32. The van der Waals surface area contributed by atoms with Gasteiger partial charge in [-0.2, -0.15) is 31.4 Å². The first-order valence-electron chi connectivity index (χ1n) is 10.4. The maximum Gasteiger partial charge on any atom is 0.431 e. The number of benzene rings is 2. The Kier molecular flexibility index (Phi) is 7.81. The fourth-order valence-electron chi connectivity index (χ4n) is 4.18. The molecule has 0 aliphatic carbocycles. The Morgan fingerprint density at radius 3 is 2.29 bits per heavy atom. The molecular formula is C23H21Cl2F6N3O. The minimum atomic E-state index is -6.02. The second-order valence-corrected chi connectivity index (χ2v) is 8.48. The van der Waals surface area contributed by atoms with Crippen LogP contribution in [0.15, 0.2) is 59.7 Å². The molecule has 1 atom stereocenters. The Balaban J connectivity index is 0.00000342. The fourth-order valence-corrected chi connectivity index (χ4v) is 4.44. The molecular weight excluding hydrogens is 519 g/mol. The zero-order valence-corrected chi connectivity index (χ0v) is 19.6. The van der Waals surface area contributed by atoms with Crippen molar-refractivity contribution in [1.29, 1.82) is 0 Å². The van der Waals surface area contributed by atoms with Crippen molar-refractivity contribution >= 4 is 41.0 Å². The highest BCUT2D eigenvalue weighted by Crippen LogP contribution is 2.49. The van der Waals surface area contributed by atoms with E-state index in [0.717, 1.165) is 22.7 Å². The number of nitrogens with one attached hydrogen (secondary N) is 1. The van der Waals surface area contributed by atoms with Crippen molar-refractivity contribution in [1.82, 2.24) is 5.32 Å². The highest BCUT2D eigenvalue weighted by atomic mass is 35.5. The fraction of sp³-hybridized carbons (Fsp3) is 0.348. The number of halogens is 8. The zero-order valence-electron chi connectivity index (χ0n) is 18.0. The molecule has 35 heavy (non-hydrogen) atoms. The highest BCUT2D eigenvalue weighted by molar-refractivity contribution is 6.31. The van der Waals surface area contributed by atoms with Crippen LogP contribution in [0.25, 0.3) is 5.57 Å². The van der Waals surface area contributed by atoms with E-state index in [1.165, 1.54) is 12.1 Å². The Bertz CT molecular complexity index is 1120. The van der Waals surface area contributed by atoms with Gasteiger partial charge in [-0.05, 0) is 47.9 Å². The molecule has 0 saturated carbocycles. The first-order valence-corrected chi connectivity index (χ1v) is 10.8. The van der Waals surface area contributed by atoms with Crippen LogP contribution in [0.2, 0.25) is 5.02 Å². The Labute approximate surface area is 208 Å². The highest BCUT2D eigenvalue weighted by Gasteiger charge is 2.74. The van der Waals surface area contributed by atoms with E-state index in [9.17, 15) is 31.4 Å². The molecule has 0 aromatic heterocycles. The third kappa shape index (κ3) is 5.02. The van der Waals surface area contributed by atoms with Crippen LogP contribution in [-0.4, -0.2) is 41.9 Å². The average Bonchev–Trinajstić information content (AvgIpc) is 3.23. The summed E-state index contributed by atoms with van der Waals surface area (Å²) in [6.45, 7) is 1.40. The molecule has 2 aliphatic heterocycles. The number of aliphatic hydroxyl groups is 1. The number of rotatable bonds is 4. The molecule has 0 fully saturated rings. The lowest BCUT2D eigenvalue weighted by molar-refractivity contribution is -0.338. The van der Waals surface area contributed by atoms with Gasteiger partial charge < -0.3 is 10.4 Å². The van der Waals surface area contributed by atoms with Crippen LogP contribution < -0.4 is 10.3 Å². The lowest BCUT2D eigenvalue weighted by Crippen LogP contribution is -2.62. The maximum absolute atomic E-state index is 13.6. The van der Waals surface area contributed by atoms with Gasteiger partial charge in [-0.3, -0.25) is 5.01 Å². The minimum Gasteiger partial charge on any atom is -0.369 e. The number of alkyl halides is 6. The Morgan fingerprint density at radius 2 is 1.69 bits per heavy atom. The van der Waals surface area contributed by atoms with E-state index >= 15 is 0 Å². The molecule has 4 nitrogen and oxygen atoms in total. The van der Waals surface area contributed by atoms with E-state index in [4.69, 9.17) is 11.6 Å². The predicted octanol–water partition coefficient (Wildman–Crippen LogP) is 6.30. The number of hydrogen-bond donors (Lipinski definition) is 2. The van der Waals surface area contributed by atoms with Crippen LogP contribution in [0.3, 0.4) is 0 Å². The normalized spacial score (nSPS) is 19.2. The van der Waals surface area contributed by atoms with E-state index in [1.807, 2.05) is 12.1 Å². The summed E-state index contributed by atoms with van der Waals surface area (Å²) < 4.78 is 81.5. The van der Waals surface area contributed by atoms with Crippen LogP contribution in [0.4, 0.5) is 32.0 Å². The van der Waals surface area contributed by atoms with Crippen molar-refractivity contribution in [3.05, 3.63) is 70.8 Å². The van der Waals surface area contributed by atoms with Gasteiger partial charge in [0.2, 0.25) is 0 Å². The summed E-state index contributed by atoms with van der Waals surface area (Å²) in [6, 6.07) is 11.8. The van der Waals surface area contributed by atoms with Gasteiger partial charge in [-0.15, -0.1) is 12.4 Å². The van der Waals surface area contributed by atoms with E-state index in [2.05, 4.69) is 10.4 Å². The molecule has 0 amide bonds. The van der Waals surface area contributed by atoms with Gasteiger partial charge in [0.1, 0.15) is 0 Å². The number of nitrogens with zero attached hydrogens (tertiary/aromatic N) is 2. The third-order valence-electron chi connectivity index (χ3n) is 5.96. The summed E-state index contributed by atoms with van der Waals surface area (Å²) in [5.41, 5.74) is -4.18. The maximum atomic E-state index is 13.6. The summed E-state index contributed by atoms with van der Waals surface area (Å²) in [7, 11) is 0. The van der Waals surface area contributed by atoms with E-state index in [0.29, 0.717) is 18.5 Å². The Morgan fingerprint density at radius 1 is 1.00 bits per heavy atom. The number of hydrazone groups is 1. The molecule has 2 aromatic rings. The molecule has 2 heterocycles. The molecule has 190 valence electrons. The molecule has 0 bridgehead atoms. The summed E-state index contributed by atoms with van der Waals surface area (Å²) in [5.74, 6) is 0. The van der Waals surface area contributed by atoms with Crippen molar-refractivity contribution in [3.8, 4) is 0 Å². The minimum absolute atomic E-state index is 0. The topological polar surface area (TPSA) is 47.9 Å². The average molecular weight is 540 g/mol. The van der Waals surface area contributed by atoms with Crippen molar-refractivity contribution in [2.24, 2.45) is 5.10 Å². The van der Waals surface area contributed by atoms with Crippen LogP contribution >= 0.6 is 24.0 Å². The molecule has 0 spiro atoms. The monoisotopic (exact) mass is 539 g/mol. The summed E-state index contributed by atoms with van der Waals surface area (Å²) in [4.78, 5) is 0. The number of hydrogen-bond acceptors (Lipinski definition) is 4. The van der Waals surface area contributed by atoms with Crippen LogP contribution in [0, 0.1) is 0 Å². The van der Waals surface area contributed by atoms with Crippen molar-refractivity contribution in [2.45, 2.75) is 36.8 Å². The molecule has 0 saturated heterocycles. The first kappa shape index (κ1) is 27.3. The molecule has 2 N–H and O–H groups in total. The quantitative estimate of drug-likeness (QED) is 0.448. The van der Waals surface area contributed by atoms with Gasteiger partial charge in [-0.1, -0.05) is 48.0 Å². The summed E-state index contributed by atoms with van der Waals surface area (Å²) in [6.07, 6.45) is -10.2. The summed E-state index contributed by atoms with van der Waals surface area (Å²) >= 11 is 6.25. The number of anilines is 1. The van der Waals surface area contributed by atoms with Gasteiger partial charge in [0.05, 0.1) is 17.4 Å². The molecule has 2 aliphatic rings. The van der Waals surface area contributed by atoms with E-state index in [-0.39, 0.29) is 23.1 Å². The zero-order chi connectivity index (χ0) is 24.7. The Hall–Kier alpha value is -2.27. The van der Waals surface area contributed by atoms with Gasteiger partial charge in [0.25, 0.3) is 5.60 Å². The van der Waals surface area contributed by atoms with Crippen LogP contribution in [0.1, 0.15) is 30.0 Å². The molecule has 0 radical (unpaired) electrons. The summed E-state index contributed by atoms with van der Waals surface area (Å²) in [5, 5.41) is 18.1. The van der Waals surface area contributed by atoms with Gasteiger partial charge >= 0.3 is 12.4 Å². The van der Waals surface area contributed by atoms with Crippen LogP contribution in [0.5, 0.6) is 0 Å². The standard InChI is InChI=1S/C23H20ClF6N3O.ClH/c24-18-7-2-1-6-17(18)19-13-20(21(34,22(25,26)27)23(28,29)30)32-33(19)16-5-3-4-15(12-16)14-8-10-31-11-9-14;/h1-8,12,19,31,34H,9-11,13H2;1H. The van der Waals surface area contributed by atoms with Crippen molar-refractivity contribution in [2.75, 3.05) is 18.1 Å². The smallest absolute Gasteiger partial charge is 0.369 e. The second kappa shape index (κ2) is 10.0. The van der Waals surface area contributed by atoms with Crippen LogP contribution in [-0.2, 0) is 0 Å². The first-order chi connectivity index (χ1) is 15.9.